The number of hydrogen-bond donors (Lipinski definition) is 0. The second-order valence-electron chi connectivity index (χ2n) is 11.5. The highest BCUT2D eigenvalue weighted by molar-refractivity contribution is 6.27. The van der Waals surface area contributed by atoms with Crippen molar-refractivity contribution in [3.8, 4) is 5.75 Å². The minimum atomic E-state index is -1.05. The second-order valence-corrected chi connectivity index (χ2v) is 11.5. The number of carbonyl (C=O) groups is 4. The topological polar surface area (TPSA) is 84.0 Å². The Labute approximate surface area is 259 Å². The fourth-order valence-corrected chi connectivity index (χ4v) is 7.03. The lowest BCUT2D eigenvalue weighted by atomic mass is 9.89. The minimum Gasteiger partial charge on any atom is -0.425 e. The van der Waals surface area contributed by atoms with Crippen LogP contribution in [0.25, 0.3) is 16.8 Å². The maximum atomic E-state index is 14.3. The molecule has 0 radical (unpaired) electrons. The number of nitrogens with zero attached hydrogens (tertiary/aromatic N) is 2. The molecule has 0 saturated carbocycles. The van der Waals surface area contributed by atoms with Gasteiger partial charge in [0.1, 0.15) is 11.8 Å². The number of hydrogen-bond acceptors (Lipinski definition) is 6. The van der Waals surface area contributed by atoms with Gasteiger partial charge in [-0.1, -0.05) is 97.1 Å². The fourth-order valence-electron chi connectivity index (χ4n) is 7.03. The van der Waals surface area contributed by atoms with E-state index in [2.05, 4.69) is 0 Å². The zero-order chi connectivity index (χ0) is 30.7. The maximum Gasteiger partial charge on any atom is 0.335 e. The lowest BCUT2D eigenvalue weighted by Gasteiger charge is -2.36. The second kappa shape index (κ2) is 10.4. The quantitative estimate of drug-likeness (QED) is 0.107. The number of rotatable bonds is 5. The molecule has 0 unspecified atom stereocenters. The molecule has 2 saturated heterocycles. The van der Waals surface area contributed by atoms with Gasteiger partial charge >= 0.3 is 5.97 Å². The average molecular weight is 591 g/mol. The van der Waals surface area contributed by atoms with E-state index in [4.69, 9.17) is 4.74 Å². The van der Waals surface area contributed by atoms with Crippen molar-refractivity contribution in [2.45, 2.75) is 12.1 Å². The number of anilines is 2. The molecule has 2 fully saturated rings. The van der Waals surface area contributed by atoms with Gasteiger partial charge in [0.15, 0.2) is 5.78 Å². The van der Waals surface area contributed by atoms with Crippen molar-refractivity contribution in [3.63, 3.8) is 0 Å². The van der Waals surface area contributed by atoms with E-state index in [9.17, 15) is 19.2 Å². The molecule has 0 spiro atoms. The summed E-state index contributed by atoms with van der Waals surface area (Å²) in [5, 5.41) is 1.69. The predicted molar refractivity (Wildman–Crippen MR) is 171 cm³/mol. The van der Waals surface area contributed by atoms with Crippen LogP contribution >= 0.6 is 0 Å². The smallest absolute Gasteiger partial charge is 0.335 e. The lowest BCUT2D eigenvalue weighted by molar-refractivity contribution is -0.139. The van der Waals surface area contributed by atoms with Crippen LogP contribution in [0.1, 0.15) is 21.5 Å². The zero-order valence-electron chi connectivity index (χ0n) is 23.9. The molecule has 8 rings (SSSR count). The summed E-state index contributed by atoms with van der Waals surface area (Å²) in [4.78, 5) is 58.7. The fraction of sp³-hybridized carbons (Fsp3) is 0.105. The summed E-state index contributed by atoms with van der Waals surface area (Å²) in [5.41, 5.74) is 3.18. The Balaban J connectivity index is 1.15. The van der Waals surface area contributed by atoms with Gasteiger partial charge in [-0.15, -0.1) is 0 Å². The van der Waals surface area contributed by atoms with Crippen LogP contribution in [0.5, 0.6) is 5.75 Å². The molecule has 3 aliphatic rings. The van der Waals surface area contributed by atoms with Crippen molar-refractivity contribution >= 4 is 51.8 Å². The summed E-state index contributed by atoms with van der Waals surface area (Å²) >= 11 is 0. The van der Waals surface area contributed by atoms with Crippen molar-refractivity contribution in [2.75, 3.05) is 9.80 Å². The van der Waals surface area contributed by atoms with Gasteiger partial charge in [0.05, 0.1) is 23.6 Å². The van der Waals surface area contributed by atoms with Crippen LogP contribution in [0.3, 0.4) is 0 Å². The first-order valence-corrected chi connectivity index (χ1v) is 14.8. The third kappa shape index (κ3) is 4.19. The number of para-hydroxylation sites is 1. The van der Waals surface area contributed by atoms with Gasteiger partial charge < -0.3 is 9.64 Å². The Hall–Kier alpha value is -5.82. The Bertz CT molecular complexity index is 2050. The molecule has 45 heavy (non-hydrogen) atoms. The summed E-state index contributed by atoms with van der Waals surface area (Å²) in [5.74, 6) is -3.02. The average Bonchev–Trinajstić information content (AvgIpc) is 3.57. The van der Waals surface area contributed by atoms with E-state index in [1.165, 1.54) is 4.90 Å². The maximum absolute atomic E-state index is 14.3. The lowest BCUT2D eigenvalue weighted by Crippen LogP contribution is -2.50. The van der Waals surface area contributed by atoms with Crippen LogP contribution in [-0.4, -0.2) is 35.7 Å². The molecule has 7 nitrogen and oxygen atoms in total. The largest absolute Gasteiger partial charge is 0.425 e. The SMILES string of the molecule is O=C(c1ccccc1)c1ccc(OC(=O)[C@H]2[C@H]3C(=O)N(c4cccc5ccccc45)C(=O)[C@@H]3[C@H]3C=Cc4ccccc4N32)cc1. The van der Waals surface area contributed by atoms with Crippen LogP contribution < -0.4 is 14.5 Å². The Morgan fingerprint density at radius 1 is 0.622 bits per heavy atom. The number of ketones is 1. The number of imide groups is 1. The Kier molecular flexibility index (Phi) is 6.20. The van der Waals surface area contributed by atoms with E-state index in [1.54, 1.807) is 54.6 Å². The first-order chi connectivity index (χ1) is 22.0. The molecule has 4 atom stereocenters. The van der Waals surface area contributed by atoms with E-state index in [0.29, 0.717) is 16.8 Å². The zero-order valence-corrected chi connectivity index (χ0v) is 23.9. The van der Waals surface area contributed by atoms with Crippen molar-refractivity contribution < 1.29 is 23.9 Å². The number of carbonyl (C=O) groups excluding carboxylic acids is 4. The molecule has 0 aromatic heterocycles. The van der Waals surface area contributed by atoms with Gasteiger partial charge in [-0.05, 0) is 47.3 Å². The molecule has 3 aliphatic heterocycles. The van der Waals surface area contributed by atoms with Gasteiger partial charge in [0.2, 0.25) is 11.8 Å². The molecule has 0 bridgehead atoms. The van der Waals surface area contributed by atoms with Crippen LogP contribution in [0.4, 0.5) is 11.4 Å². The van der Waals surface area contributed by atoms with E-state index >= 15 is 0 Å². The van der Waals surface area contributed by atoms with E-state index in [1.807, 2.05) is 83.8 Å². The summed E-state index contributed by atoms with van der Waals surface area (Å²) < 4.78 is 5.91. The number of benzene rings is 5. The summed E-state index contributed by atoms with van der Waals surface area (Å²) in [6.45, 7) is 0. The standard InChI is InChI=1S/C38H26N2O5/c41-35(25-11-2-1-3-12-25)26-17-20-27(21-18-26)45-38(44)34-33-32(31-22-19-24-10-5-7-15-29(24)39(31)34)36(42)40(37(33)43)30-16-8-13-23-9-4-6-14-28(23)30/h1-22,31-34H/t31-,32-,33+,34-/m1/s1. The molecule has 5 aromatic carbocycles. The summed E-state index contributed by atoms with van der Waals surface area (Å²) in [7, 11) is 0. The highest BCUT2D eigenvalue weighted by atomic mass is 16.5. The third-order valence-electron chi connectivity index (χ3n) is 9.03. The van der Waals surface area contributed by atoms with E-state index in [-0.39, 0.29) is 17.4 Å². The van der Waals surface area contributed by atoms with Gasteiger partial charge in [-0.3, -0.25) is 14.4 Å². The van der Waals surface area contributed by atoms with Gasteiger partial charge in [0, 0.05) is 22.2 Å². The normalized spacial score (nSPS) is 21.4. The van der Waals surface area contributed by atoms with Crippen LogP contribution in [0, 0.1) is 11.8 Å². The molecule has 3 heterocycles. The molecule has 0 aliphatic carbocycles. The van der Waals surface area contributed by atoms with Crippen molar-refractivity contribution in [3.05, 3.63) is 144 Å². The molecule has 218 valence electrons. The summed E-state index contributed by atoms with van der Waals surface area (Å²) in [6, 6.07) is 34.5. The predicted octanol–water partition coefficient (Wildman–Crippen LogP) is 6.07. The molecule has 5 aromatic rings. The van der Waals surface area contributed by atoms with E-state index < -0.39 is 35.8 Å². The number of esters is 1. The summed E-state index contributed by atoms with van der Waals surface area (Å²) in [6.07, 6.45) is 3.86. The van der Waals surface area contributed by atoms with Crippen molar-refractivity contribution in [1.29, 1.82) is 0 Å². The highest BCUT2D eigenvalue weighted by Gasteiger charge is 2.65. The number of fused-ring (bicyclic) bond motifs is 6. The van der Waals surface area contributed by atoms with Crippen molar-refractivity contribution in [1.82, 2.24) is 0 Å². The van der Waals surface area contributed by atoms with Gasteiger partial charge in [0.25, 0.3) is 0 Å². The van der Waals surface area contributed by atoms with Crippen LogP contribution in [0.15, 0.2) is 127 Å². The van der Waals surface area contributed by atoms with Gasteiger partial charge in [-0.2, -0.15) is 0 Å². The van der Waals surface area contributed by atoms with Gasteiger partial charge in [-0.25, -0.2) is 9.69 Å². The molecular weight excluding hydrogens is 564 g/mol. The first kappa shape index (κ1) is 26.8. The van der Waals surface area contributed by atoms with E-state index in [0.717, 1.165) is 22.0 Å². The molecular formula is C38H26N2O5. The third-order valence-corrected chi connectivity index (χ3v) is 9.03. The molecule has 0 N–H and O–H groups in total. The Morgan fingerprint density at radius 2 is 1.27 bits per heavy atom. The monoisotopic (exact) mass is 590 g/mol. The van der Waals surface area contributed by atoms with Crippen LogP contribution in [0.2, 0.25) is 0 Å². The molecule has 7 heteroatoms. The molecule has 2 amide bonds. The first-order valence-electron chi connectivity index (χ1n) is 14.8. The van der Waals surface area contributed by atoms with Crippen LogP contribution in [-0.2, 0) is 14.4 Å². The number of amides is 2. The Morgan fingerprint density at radius 3 is 2.09 bits per heavy atom. The highest BCUT2D eigenvalue weighted by Crippen LogP contribution is 2.50. The minimum absolute atomic E-state index is 0.143. The van der Waals surface area contributed by atoms with Crippen molar-refractivity contribution in [2.24, 2.45) is 11.8 Å². The number of ether oxygens (including phenoxy) is 1.